The number of rotatable bonds is 5. The molecule has 1 heterocycles. The molecule has 3 N–H and O–H groups in total. The average Bonchev–Trinajstić information content (AvgIpc) is 2.79. The lowest BCUT2D eigenvalue weighted by Crippen LogP contribution is -2.36. The molecule has 1 aliphatic rings. The Hall–Kier alpha value is -1.11. The van der Waals surface area contributed by atoms with Crippen LogP contribution in [0.4, 0.5) is 0 Å². The van der Waals surface area contributed by atoms with Crippen LogP contribution in [0.15, 0.2) is 24.3 Å². The number of sulfonamides is 1. The van der Waals surface area contributed by atoms with Gasteiger partial charge in [-0.1, -0.05) is 12.1 Å². The predicted molar refractivity (Wildman–Crippen MR) is 69.8 cm³/mol. The first kappa shape index (κ1) is 13.3. The van der Waals surface area contributed by atoms with E-state index in [1.165, 1.54) is 0 Å². The molecule has 0 aromatic heterocycles. The van der Waals surface area contributed by atoms with E-state index in [0.717, 1.165) is 24.9 Å². The number of phenols is 1. The van der Waals surface area contributed by atoms with Crippen molar-refractivity contribution >= 4 is 10.0 Å². The smallest absolute Gasteiger partial charge is 0.213 e. The molecule has 1 aromatic carbocycles. The third-order valence-corrected chi connectivity index (χ3v) is 4.42. The van der Waals surface area contributed by atoms with Gasteiger partial charge < -0.3 is 10.4 Å². The Morgan fingerprint density at radius 3 is 2.94 bits per heavy atom. The predicted octanol–water partition coefficient (Wildman–Crippen LogP) is 0.564. The van der Waals surface area contributed by atoms with E-state index in [2.05, 4.69) is 10.0 Å². The maximum atomic E-state index is 11.8. The Bertz CT molecular complexity index is 496. The van der Waals surface area contributed by atoms with Gasteiger partial charge in [0.25, 0.3) is 0 Å². The van der Waals surface area contributed by atoms with Crippen LogP contribution in [0, 0.1) is 0 Å². The number of nitrogens with one attached hydrogen (secondary N) is 2. The molecule has 1 atom stereocenters. The van der Waals surface area contributed by atoms with E-state index in [9.17, 15) is 13.5 Å². The minimum absolute atomic E-state index is 0.0617. The fraction of sp³-hybridized carbons (Fsp3) is 0.500. The summed E-state index contributed by atoms with van der Waals surface area (Å²) in [4.78, 5) is 0. The van der Waals surface area contributed by atoms with Crippen LogP contribution in [0.2, 0.25) is 0 Å². The fourth-order valence-electron chi connectivity index (χ4n) is 2.08. The van der Waals surface area contributed by atoms with Crippen LogP contribution in [0.1, 0.15) is 18.4 Å². The molecule has 0 saturated carbocycles. The molecular weight excluding hydrogens is 252 g/mol. The van der Waals surface area contributed by atoms with Crippen LogP contribution < -0.4 is 10.0 Å². The molecule has 0 bridgehead atoms. The third kappa shape index (κ3) is 3.97. The molecule has 1 aliphatic heterocycles. The largest absolute Gasteiger partial charge is 0.508 e. The standard InChI is InChI=1S/C12H18N2O3S/c15-12-5-1-3-10(7-12)8-14-18(16,17)9-11-4-2-6-13-11/h1,3,5,7,11,13-15H,2,4,6,8-9H2. The van der Waals surface area contributed by atoms with Gasteiger partial charge in [0, 0.05) is 12.6 Å². The zero-order chi connectivity index (χ0) is 13.0. The van der Waals surface area contributed by atoms with E-state index in [0.29, 0.717) is 0 Å². The molecule has 2 rings (SSSR count). The lowest BCUT2D eigenvalue weighted by molar-refractivity contribution is 0.474. The van der Waals surface area contributed by atoms with Crippen LogP contribution in [-0.2, 0) is 16.6 Å². The Morgan fingerprint density at radius 1 is 1.44 bits per heavy atom. The Balaban J connectivity index is 1.88. The van der Waals surface area contributed by atoms with Crippen LogP contribution >= 0.6 is 0 Å². The van der Waals surface area contributed by atoms with Gasteiger partial charge in [-0.15, -0.1) is 0 Å². The monoisotopic (exact) mass is 270 g/mol. The van der Waals surface area contributed by atoms with Crippen molar-refractivity contribution in [2.45, 2.75) is 25.4 Å². The number of benzene rings is 1. The average molecular weight is 270 g/mol. The third-order valence-electron chi connectivity index (χ3n) is 2.99. The molecule has 1 fully saturated rings. The second kappa shape index (κ2) is 5.69. The van der Waals surface area contributed by atoms with Gasteiger partial charge in [0.1, 0.15) is 5.75 Å². The second-order valence-electron chi connectivity index (χ2n) is 4.57. The van der Waals surface area contributed by atoms with Crippen molar-refractivity contribution in [1.29, 1.82) is 0 Å². The second-order valence-corrected chi connectivity index (χ2v) is 6.42. The molecule has 1 aromatic rings. The van der Waals surface area contributed by atoms with E-state index in [-0.39, 0.29) is 24.1 Å². The van der Waals surface area contributed by atoms with Gasteiger partial charge in [-0.25, -0.2) is 13.1 Å². The summed E-state index contributed by atoms with van der Waals surface area (Å²) in [6.45, 7) is 1.11. The van der Waals surface area contributed by atoms with Gasteiger partial charge in [-0.3, -0.25) is 0 Å². The Kier molecular flexibility index (Phi) is 4.21. The number of hydrogen-bond donors (Lipinski definition) is 3. The van der Waals surface area contributed by atoms with Gasteiger partial charge in [0.2, 0.25) is 10.0 Å². The van der Waals surface area contributed by atoms with E-state index in [4.69, 9.17) is 0 Å². The lowest BCUT2D eigenvalue weighted by atomic mass is 10.2. The quantitative estimate of drug-likeness (QED) is 0.730. The van der Waals surface area contributed by atoms with Crippen molar-refractivity contribution in [1.82, 2.24) is 10.0 Å². The maximum absolute atomic E-state index is 11.8. The molecule has 5 nitrogen and oxygen atoms in total. The van der Waals surface area contributed by atoms with Crippen LogP contribution in [0.3, 0.4) is 0 Å². The summed E-state index contributed by atoms with van der Waals surface area (Å²) in [6, 6.07) is 6.64. The highest BCUT2D eigenvalue weighted by Crippen LogP contribution is 2.11. The Labute approximate surface area is 107 Å². The zero-order valence-corrected chi connectivity index (χ0v) is 10.9. The van der Waals surface area contributed by atoms with E-state index in [1.54, 1.807) is 24.3 Å². The van der Waals surface area contributed by atoms with Crippen molar-refractivity contribution in [3.05, 3.63) is 29.8 Å². The number of aromatic hydroxyl groups is 1. The topological polar surface area (TPSA) is 78.4 Å². The highest BCUT2D eigenvalue weighted by atomic mass is 32.2. The van der Waals surface area contributed by atoms with Gasteiger partial charge in [0.15, 0.2) is 0 Å². The van der Waals surface area contributed by atoms with Crippen molar-refractivity contribution in [3.8, 4) is 5.75 Å². The molecule has 100 valence electrons. The van der Waals surface area contributed by atoms with Crippen molar-refractivity contribution in [2.75, 3.05) is 12.3 Å². The zero-order valence-electron chi connectivity index (χ0n) is 10.1. The number of phenolic OH excluding ortho intramolecular Hbond substituents is 1. The summed E-state index contributed by atoms with van der Waals surface area (Å²) in [5, 5.41) is 12.4. The molecule has 6 heteroatoms. The SMILES string of the molecule is O=S(=O)(CC1CCCN1)NCc1cccc(O)c1. The van der Waals surface area contributed by atoms with Crippen LogP contribution in [0.5, 0.6) is 5.75 Å². The summed E-state index contributed by atoms with van der Waals surface area (Å²) in [7, 11) is -3.27. The molecule has 0 amide bonds. The van der Waals surface area contributed by atoms with Gasteiger partial charge >= 0.3 is 0 Å². The minimum atomic E-state index is -3.27. The van der Waals surface area contributed by atoms with Gasteiger partial charge in [0.05, 0.1) is 5.75 Å². The van der Waals surface area contributed by atoms with E-state index >= 15 is 0 Å². The summed E-state index contributed by atoms with van der Waals surface area (Å²) < 4.78 is 26.2. The molecule has 1 saturated heterocycles. The van der Waals surface area contributed by atoms with E-state index < -0.39 is 10.0 Å². The molecule has 18 heavy (non-hydrogen) atoms. The van der Waals surface area contributed by atoms with Crippen LogP contribution in [-0.4, -0.2) is 31.9 Å². The molecular formula is C12H18N2O3S. The molecule has 0 radical (unpaired) electrons. The highest BCUT2D eigenvalue weighted by Gasteiger charge is 2.21. The van der Waals surface area contributed by atoms with Crippen LogP contribution in [0.25, 0.3) is 0 Å². The first-order valence-electron chi connectivity index (χ1n) is 6.04. The highest BCUT2D eigenvalue weighted by molar-refractivity contribution is 7.89. The summed E-state index contributed by atoms with van der Waals surface area (Å²) >= 11 is 0. The van der Waals surface area contributed by atoms with Crippen molar-refractivity contribution < 1.29 is 13.5 Å². The van der Waals surface area contributed by atoms with Crippen molar-refractivity contribution in [2.24, 2.45) is 0 Å². The normalized spacial score (nSPS) is 20.1. The van der Waals surface area contributed by atoms with Gasteiger partial charge in [-0.2, -0.15) is 0 Å². The first-order chi connectivity index (χ1) is 8.55. The summed E-state index contributed by atoms with van der Waals surface area (Å²) in [5.74, 6) is 0.260. The molecule has 1 unspecified atom stereocenters. The lowest BCUT2D eigenvalue weighted by Gasteiger charge is -2.11. The molecule has 0 spiro atoms. The minimum Gasteiger partial charge on any atom is -0.508 e. The maximum Gasteiger partial charge on any atom is 0.213 e. The van der Waals surface area contributed by atoms with E-state index in [1.807, 2.05) is 0 Å². The first-order valence-corrected chi connectivity index (χ1v) is 7.69. The molecule has 0 aliphatic carbocycles. The summed E-state index contributed by atoms with van der Waals surface area (Å²) in [6.07, 6.45) is 1.94. The summed E-state index contributed by atoms with van der Waals surface area (Å²) in [5.41, 5.74) is 0.748. The fourth-order valence-corrected chi connectivity index (χ4v) is 3.40. The van der Waals surface area contributed by atoms with Crippen molar-refractivity contribution in [3.63, 3.8) is 0 Å². The number of hydrogen-bond acceptors (Lipinski definition) is 4. The Morgan fingerprint density at radius 2 is 2.28 bits per heavy atom. The van der Waals surface area contributed by atoms with Gasteiger partial charge in [-0.05, 0) is 37.1 Å².